The summed E-state index contributed by atoms with van der Waals surface area (Å²) in [6.07, 6.45) is 2.39. The molecule has 5 nitrogen and oxygen atoms in total. The third-order valence-corrected chi connectivity index (χ3v) is 6.02. The molecule has 0 fully saturated rings. The standard InChI is InChI=1S/C17H18O3.C16H16O2/c1-3-14-15(17(18)19-2)10-7-11-16(14)20-12-13-8-5-4-6-9-13;1-2-15-14(11-17)9-6-10-16(15)18-12-13-7-4-3-5-8-13/h4-11H,3,12H2,1-2H3;3-11H,2,12H2,1H3. The van der Waals surface area contributed by atoms with Crippen LogP contribution in [0.3, 0.4) is 0 Å². The van der Waals surface area contributed by atoms with E-state index in [0.717, 1.165) is 52.9 Å². The minimum absolute atomic E-state index is 0.327. The van der Waals surface area contributed by atoms with Crippen LogP contribution in [-0.2, 0) is 30.8 Å². The fourth-order valence-corrected chi connectivity index (χ4v) is 4.04. The van der Waals surface area contributed by atoms with Gasteiger partial charge in [0.05, 0.1) is 12.7 Å². The molecule has 0 bridgehead atoms. The number of benzene rings is 4. The number of ether oxygens (including phenoxy) is 3. The van der Waals surface area contributed by atoms with E-state index in [9.17, 15) is 9.59 Å². The van der Waals surface area contributed by atoms with E-state index in [1.54, 1.807) is 6.07 Å². The third-order valence-electron chi connectivity index (χ3n) is 6.02. The summed E-state index contributed by atoms with van der Waals surface area (Å²) in [5.41, 5.74) is 5.36. The van der Waals surface area contributed by atoms with E-state index in [4.69, 9.17) is 14.2 Å². The highest BCUT2D eigenvalue weighted by atomic mass is 16.5. The quantitative estimate of drug-likeness (QED) is 0.166. The van der Waals surface area contributed by atoms with Crippen LogP contribution >= 0.6 is 0 Å². The molecule has 38 heavy (non-hydrogen) atoms. The maximum atomic E-state index is 11.7. The van der Waals surface area contributed by atoms with Crippen LogP contribution in [-0.4, -0.2) is 19.4 Å². The first-order valence-corrected chi connectivity index (χ1v) is 12.7. The second-order valence-corrected chi connectivity index (χ2v) is 8.47. The molecule has 0 saturated heterocycles. The summed E-state index contributed by atoms with van der Waals surface area (Å²) < 4.78 is 16.4. The molecule has 0 heterocycles. The maximum Gasteiger partial charge on any atom is 0.338 e. The monoisotopic (exact) mass is 510 g/mol. The Hall–Kier alpha value is -4.38. The minimum atomic E-state index is -0.327. The normalized spacial score (nSPS) is 10.1. The van der Waals surface area contributed by atoms with Crippen LogP contribution < -0.4 is 9.47 Å². The molecule has 0 radical (unpaired) electrons. The number of aldehydes is 1. The number of carbonyl (C=O) groups excluding carboxylic acids is 2. The van der Waals surface area contributed by atoms with Crippen LogP contribution in [0.25, 0.3) is 0 Å². The Morgan fingerprint density at radius 1 is 0.658 bits per heavy atom. The lowest BCUT2D eigenvalue weighted by Crippen LogP contribution is -2.07. The van der Waals surface area contributed by atoms with Crippen molar-refractivity contribution in [3.05, 3.63) is 130 Å². The number of methoxy groups -OCH3 is 1. The summed E-state index contributed by atoms with van der Waals surface area (Å²) in [5.74, 6) is 1.21. The Labute approximate surface area is 225 Å². The molecule has 0 saturated carbocycles. The Morgan fingerprint density at radius 3 is 1.63 bits per heavy atom. The van der Waals surface area contributed by atoms with Gasteiger partial charge in [0.15, 0.2) is 0 Å². The van der Waals surface area contributed by atoms with Gasteiger partial charge in [-0.05, 0) is 42.2 Å². The number of rotatable bonds is 10. The van der Waals surface area contributed by atoms with Crippen LogP contribution in [0.15, 0.2) is 97.1 Å². The molecule has 4 rings (SSSR count). The van der Waals surface area contributed by atoms with E-state index in [1.165, 1.54) is 7.11 Å². The van der Waals surface area contributed by atoms with Crippen molar-refractivity contribution >= 4 is 12.3 Å². The Kier molecular flexibility index (Phi) is 11.1. The zero-order chi connectivity index (χ0) is 27.2. The zero-order valence-corrected chi connectivity index (χ0v) is 22.2. The summed E-state index contributed by atoms with van der Waals surface area (Å²) in [6, 6.07) is 31.0. The van der Waals surface area contributed by atoms with Gasteiger partial charge in [-0.25, -0.2) is 4.79 Å². The van der Waals surface area contributed by atoms with Crippen molar-refractivity contribution in [3.63, 3.8) is 0 Å². The van der Waals surface area contributed by atoms with Gasteiger partial charge < -0.3 is 14.2 Å². The molecule has 5 heteroatoms. The lowest BCUT2D eigenvalue weighted by atomic mass is 10.0. The second-order valence-electron chi connectivity index (χ2n) is 8.47. The van der Waals surface area contributed by atoms with Crippen molar-refractivity contribution in [2.45, 2.75) is 39.9 Å². The van der Waals surface area contributed by atoms with Crippen LogP contribution in [0.4, 0.5) is 0 Å². The SMILES string of the molecule is CCc1c(C=O)cccc1OCc1ccccc1.CCc1c(OCc2ccccc2)cccc1C(=O)OC. The first-order chi connectivity index (χ1) is 18.6. The maximum absolute atomic E-state index is 11.7. The van der Waals surface area contributed by atoms with Crippen molar-refractivity contribution < 1.29 is 23.8 Å². The molecule has 0 amide bonds. The van der Waals surface area contributed by atoms with Crippen molar-refractivity contribution in [2.75, 3.05) is 7.11 Å². The molecule has 0 aliphatic carbocycles. The van der Waals surface area contributed by atoms with Crippen molar-refractivity contribution in [2.24, 2.45) is 0 Å². The molecule has 0 spiro atoms. The van der Waals surface area contributed by atoms with E-state index >= 15 is 0 Å². The lowest BCUT2D eigenvalue weighted by molar-refractivity contribution is 0.0598. The zero-order valence-electron chi connectivity index (χ0n) is 22.2. The number of carbonyl (C=O) groups is 2. The van der Waals surface area contributed by atoms with E-state index in [2.05, 4.69) is 0 Å². The predicted octanol–water partition coefficient (Wildman–Crippen LogP) is 7.26. The van der Waals surface area contributed by atoms with Gasteiger partial charge in [0, 0.05) is 16.7 Å². The lowest BCUT2D eigenvalue weighted by Gasteiger charge is -2.13. The highest BCUT2D eigenvalue weighted by Crippen LogP contribution is 2.25. The van der Waals surface area contributed by atoms with Gasteiger partial charge in [-0.3, -0.25) is 4.79 Å². The molecule has 4 aromatic carbocycles. The van der Waals surface area contributed by atoms with Gasteiger partial charge >= 0.3 is 5.97 Å². The number of hydrogen-bond donors (Lipinski definition) is 0. The van der Waals surface area contributed by atoms with Crippen LogP contribution in [0.1, 0.15) is 56.8 Å². The van der Waals surface area contributed by atoms with Crippen molar-refractivity contribution in [1.82, 2.24) is 0 Å². The second kappa shape index (κ2) is 15.0. The Bertz CT molecular complexity index is 1300. The summed E-state index contributed by atoms with van der Waals surface area (Å²) >= 11 is 0. The molecular weight excluding hydrogens is 476 g/mol. The van der Waals surface area contributed by atoms with Crippen LogP contribution in [0, 0.1) is 0 Å². The van der Waals surface area contributed by atoms with Crippen LogP contribution in [0.5, 0.6) is 11.5 Å². The van der Waals surface area contributed by atoms with Gasteiger partial charge in [0.1, 0.15) is 31.0 Å². The minimum Gasteiger partial charge on any atom is -0.489 e. The molecule has 0 atom stereocenters. The molecule has 196 valence electrons. The van der Waals surface area contributed by atoms with E-state index < -0.39 is 0 Å². The van der Waals surface area contributed by atoms with Crippen molar-refractivity contribution in [3.8, 4) is 11.5 Å². The van der Waals surface area contributed by atoms with Gasteiger partial charge in [-0.15, -0.1) is 0 Å². The van der Waals surface area contributed by atoms with E-state index in [1.807, 2.05) is 105 Å². The summed E-state index contributed by atoms with van der Waals surface area (Å²) in [5, 5.41) is 0. The van der Waals surface area contributed by atoms with Crippen molar-refractivity contribution in [1.29, 1.82) is 0 Å². The summed E-state index contributed by atoms with van der Waals surface area (Å²) in [4.78, 5) is 22.7. The molecule has 0 aliphatic heterocycles. The number of hydrogen-bond acceptors (Lipinski definition) is 5. The van der Waals surface area contributed by atoms with Crippen LogP contribution in [0.2, 0.25) is 0 Å². The summed E-state index contributed by atoms with van der Waals surface area (Å²) in [6.45, 7) is 5.03. The molecular formula is C33H34O5. The van der Waals surface area contributed by atoms with Gasteiger partial charge in [-0.2, -0.15) is 0 Å². The molecule has 0 N–H and O–H groups in total. The number of esters is 1. The average molecular weight is 511 g/mol. The summed E-state index contributed by atoms with van der Waals surface area (Å²) in [7, 11) is 1.39. The Balaban J connectivity index is 0.000000212. The highest BCUT2D eigenvalue weighted by Gasteiger charge is 2.14. The molecule has 4 aromatic rings. The highest BCUT2D eigenvalue weighted by molar-refractivity contribution is 5.91. The fraction of sp³-hybridized carbons (Fsp3) is 0.212. The predicted molar refractivity (Wildman–Crippen MR) is 150 cm³/mol. The van der Waals surface area contributed by atoms with E-state index in [-0.39, 0.29) is 5.97 Å². The van der Waals surface area contributed by atoms with E-state index in [0.29, 0.717) is 24.3 Å². The first kappa shape index (κ1) is 28.2. The van der Waals surface area contributed by atoms with Gasteiger partial charge in [0.25, 0.3) is 0 Å². The molecule has 0 aromatic heterocycles. The van der Waals surface area contributed by atoms with Gasteiger partial charge in [0.2, 0.25) is 0 Å². The smallest absolute Gasteiger partial charge is 0.338 e. The first-order valence-electron chi connectivity index (χ1n) is 12.7. The third kappa shape index (κ3) is 7.81. The Morgan fingerprint density at radius 2 is 1.16 bits per heavy atom. The topological polar surface area (TPSA) is 61.8 Å². The largest absolute Gasteiger partial charge is 0.489 e. The molecule has 0 aliphatic rings. The average Bonchev–Trinajstić information content (AvgIpc) is 2.99. The van der Waals surface area contributed by atoms with Gasteiger partial charge in [-0.1, -0.05) is 92.7 Å². The molecule has 0 unspecified atom stereocenters. The fourth-order valence-electron chi connectivity index (χ4n) is 4.04.